The molecule has 1 saturated heterocycles. The fourth-order valence-corrected chi connectivity index (χ4v) is 3.97. The molecule has 2 N–H and O–H groups in total. The molecule has 0 spiro atoms. The Labute approximate surface area is 146 Å². The molecule has 0 aromatic heterocycles. The van der Waals surface area contributed by atoms with Crippen LogP contribution in [0.1, 0.15) is 53.9 Å². The summed E-state index contributed by atoms with van der Waals surface area (Å²) in [5.74, 6) is 0.648. The van der Waals surface area contributed by atoms with Crippen molar-refractivity contribution in [3.8, 4) is 0 Å². The molecule has 132 valence electrons. The molecule has 1 unspecified atom stereocenters. The molecule has 4 heteroatoms. The van der Waals surface area contributed by atoms with E-state index in [4.69, 9.17) is 11.6 Å². The average Bonchev–Trinajstić information content (AvgIpc) is 2.49. The molecule has 1 heterocycles. The van der Waals surface area contributed by atoms with E-state index in [0.29, 0.717) is 25.4 Å². The van der Waals surface area contributed by atoms with Crippen molar-refractivity contribution in [3.63, 3.8) is 0 Å². The number of likely N-dealkylation sites (tertiary alicyclic amines) is 1. The lowest BCUT2D eigenvalue weighted by Gasteiger charge is -2.53. The van der Waals surface area contributed by atoms with Gasteiger partial charge in [-0.3, -0.25) is 4.90 Å². The van der Waals surface area contributed by atoms with Gasteiger partial charge in [-0.05, 0) is 42.7 Å². The number of piperidine rings is 1. The largest absolute Gasteiger partial charge is 0.385 e. The summed E-state index contributed by atoms with van der Waals surface area (Å²) < 4.78 is 0. The Balaban J connectivity index is 2.17. The first-order chi connectivity index (χ1) is 10.6. The lowest BCUT2D eigenvalue weighted by atomic mass is 9.64. The number of aliphatic hydroxyl groups excluding tert-OH is 1. The first-order valence-electron chi connectivity index (χ1n) is 8.79. The number of hydrogen-bond donors (Lipinski definition) is 2. The van der Waals surface area contributed by atoms with Crippen LogP contribution >= 0.6 is 11.6 Å². The number of aliphatic hydroxyl groups is 2. The third-order valence-electron chi connectivity index (χ3n) is 6.00. The lowest BCUT2D eigenvalue weighted by Crippen LogP contribution is -2.61. The van der Waals surface area contributed by atoms with Crippen LogP contribution in [0.25, 0.3) is 0 Å². The Kier molecular flexibility index (Phi) is 5.67. The molecule has 0 aromatic carbocycles. The van der Waals surface area contributed by atoms with E-state index in [0.717, 1.165) is 23.4 Å². The third kappa shape index (κ3) is 3.68. The van der Waals surface area contributed by atoms with E-state index >= 15 is 0 Å². The standard InChI is InChI=1S/C19H32ClNO2/c1-13(2)14(3)17(22)21-11-10-19(23,18(4,5)12-21)15-6-8-16(20)9-7-15/h6,8,13-14,17,22-23H,7,9-12H2,1-5H3/t14-,17?,19+/m1/s1. The van der Waals surface area contributed by atoms with Gasteiger partial charge >= 0.3 is 0 Å². The van der Waals surface area contributed by atoms with Crippen molar-refractivity contribution in [2.24, 2.45) is 17.3 Å². The molecule has 2 rings (SSSR count). The van der Waals surface area contributed by atoms with Gasteiger partial charge in [0.05, 0.1) is 5.60 Å². The Morgan fingerprint density at radius 3 is 2.30 bits per heavy atom. The Bertz CT molecular complexity index is 498. The van der Waals surface area contributed by atoms with Gasteiger partial charge in [-0.2, -0.15) is 0 Å². The van der Waals surface area contributed by atoms with Gasteiger partial charge in [-0.25, -0.2) is 0 Å². The van der Waals surface area contributed by atoms with Gasteiger partial charge in [0.1, 0.15) is 6.23 Å². The van der Waals surface area contributed by atoms with Gasteiger partial charge in [0.15, 0.2) is 0 Å². The van der Waals surface area contributed by atoms with Crippen LogP contribution in [0.15, 0.2) is 22.8 Å². The van der Waals surface area contributed by atoms with E-state index in [1.807, 2.05) is 12.2 Å². The molecule has 3 nitrogen and oxygen atoms in total. The summed E-state index contributed by atoms with van der Waals surface area (Å²) in [4.78, 5) is 2.13. The van der Waals surface area contributed by atoms with Gasteiger partial charge in [0, 0.05) is 23.5 Å². The Morgan fingerprint density at radius 1 is 1.17 bits per heavy atom. The summed E-state index contributed by atoms with van der Waals surface area (Å²) in [6.07, 6.45) is 5.74. The minimum atomic E-state index is -0.821. The Hall–Kier alpha value is -0.350. The summed E-state index contributed by atoms with van der Waals surface area (Å²) in [5, 5.41) is 22.9. The molecule has 0 amide bonds. The fourth-order valence-electron chi connectivity index (χ4n) is 3.82. The average molecular weight is 342 g/mol. The van der Waals surface area contributed by atoms with Crippen molar-refractivity contribution in [2.75, 3.05) is 13.1 Å². The molecule has 23 heavy (non-hydrogen) atoms. The quantitative estimate of drug-likeness (QED) is 0.815. The highest BCUT2D eigenvalue weighted by atomic mass is 35.5. The number of hydrogen-bond acceptors (Lipinski definition) is 3. The van der Waals surface area contributed by atoms with Crippen molar-refractivity contribution >= 4 is 11.6 Å². The van der Waals surface area contributed by atoms with Gasteiger partial charge < -0.3 is 10.2 Å². The lowest BCUT2D eigenvalue weighted by molar-refractivity contribution is -0.145. The van der Waals surface area contributed by atoms with Crippen LogP contribution in [0.3, 0.4) is 0 Å². The van der Waals surface area contributed by atoms with Gasteiger partial charge in [0.25, 0.3) is 0 Å². The van der Waals surface area contributed by atoms with Crippen LogP contribution in [-0.4, -0.2) is 40.0 Å². The highest BCUT2D eigenvalue weighted by Gasteiger charge is 2.50. The fraction of sp³-hybridized carbons (Fsp3) is 0.789. The van der Waals surface area contributed by atoms with Crippen LogP contribution in [0.4, 0.5) is 0 Å². The summed E-state index contributed by atoms with van der Waals surface area (Å²) in [7, 11) is 0. The van der Waals surface area contributed by atoms with Crippen LogP contribution in [-0.2, 0) is 0 Å². The molecule has 0 radical (unpaired) electrons. The normalized spacial score (nSPS) is 31.5. The zero-order valence-electron chi connectivity index (χ0n) is 15.1. The highest BCUT2D eigenvalue weighted by Crippen LogP contribution is 2.46. The zero-order chi connectivity index (χ0) is 17.4. The summed E-state index contributed by atoms with van der Waals surface area (Å²) in [5.41, 5.74) is -0.0527. The van der Waals surface area contributed by atoms with Crippen molar-refractivity contribution < 1.29 is 10.2 Å². The molecule has 0 saturated carbocycles. The highest BCUT2D eigenvalue weighted by molar-refractivity contribution is 6.29. The van der Waals surface area contributed by atoms with E-state index < -0.39 is 11.8 Å². The number of nitrogens with zero attached hydrogens (tertiary/aromatic N) is 1. The molecule has 1 aliphatic heterocycles. The number of allylic oxidation sites excluding steroid dienone is 3. The summed E-state index contributed by atoms with van der Waals surface area (Å²) in [6.45, 7) is 12.0. The minimum Gasteiger partial charge on any atom is -0.385 e. The van der Waals surface area contributed by atoms with Crippen LogP contribution in [0.2, 0.25) is 0 Å². The Morgan fingerprint density at radius 2 is 1.83 bits per heavy atom. The maximum Gasteiger partial charge on any atom is 0.110 e. The monoisotopic (exact) mass is 341 g/mol. The second-order valence-corrected chi connectivity index (χ2v) is 8.77. The molecule has 2 aliphatic rings. The first-order valence-corrected chi connectivity index (χ1v) is 9.16. The van der Waals surface area contributed by atoms with E-state index in [2.05, 4.69) is 39.5 Å². The maximum atomic E-state index is 11.4. The van der Waals surface area contributed by atoms with E-state index in [1.54, 1.807) is 0 Å². The zero-order valence-corrected chi connectivity index (χ0v) is 15.9. The molecule has 1 fully saturated rings. The van der Waals surface area contributed by atoms with Crippen molar-refractivity contribution in [2.45, 2.75) is 65.7 Å². The van der Waals surface area contributed by atoms with Crippen molar-refractivity contribution in [3.05, 3.63) is 22.8 Å². The smallest absolute Gasteiger partial charge is 0.110 e. The minimum absolute atomic E-state index is 0.215. The molecule has 1 aliphatic carbocycles. The summed E-state index contributed by atoms with van der Waals surface area (Å²) >= 11 is 6.06. The van der Waals surface area contributed by atoms with Gasteiger partial charge in [0.2, 0.25) is 0 Å². The predicted octanol–water partition coefficient (Wildman–Crippen LogP) is 3.90. The second kappa shape index (κ2) is 6.87. The molecule has 3 atom stereocenters. The number of rotatable bonds is 4. The van der Waals surface area contributed by atoms with Crippen LogP contribution in [0, 0.1) is 17.3 Å². The first kappa shape index (κ1) is 19.0. The molecular formula is C19H32ClNO2. The van der Waals surface area contributed by atoms with E-state index in [-0.39, 0.29) is 11.3 Å². The molecular weight excluding hydrogens is 310 g/mol. The molecule has 0 aromatic rings. The number of halogens is 1. The van der Waals surface area contributed by atoms with Gasteiger partial charge in [-0.15, -0.1) is 0 Å². The van der Waals surface area contributed by atoms with Crippen LogP contribution in [0.5, 0.6) is 0 Å². The second-order valence-electron chi connectivity index (χ2n) is 8.29. The maximum absolute atomic E-state index is 11.4. The summed E-state index contributed by atoms with van der Waals surface area (Å²) in [6, 6.07) is 0. The SMILES string of the molecule is CC(C)[C@@H](C)C(O)N1CC[C@](O)(C2=CC=C(Cl)CC2)C(C)(C)C1. The molecule has 0 bridgehead atoms. The van der Waals surface area contributed by atoms with Gasteiger partial charge in [-0.1, -0.05) is 52.3 Å². The van der Waals surface area contributed by atoms with E-state index in [1.165, 1.54) is 0 Å². The van der Waals surface area contributed by atoms with Crippen LogP contribution < -0.4 is 0 Å². The van der Waals surface area contributed by atoms with E-state index in [9.17, 15) is 10.2 Å². The van der Waals surface area contributed by atoms with Crippen molar-refractivity contribution in [1.29, 1.82) is 0 Å². The topological polar surface area (TPSA) is 43.7 Å². The third-order valence-corrected chi connectivity index (χ3v) is 6.32. The van der Waals surface area contributed by atoms with Crippen molar-refractivity contribution in [1.82, 2.24) is 4.90 Å². The predicted molar refractivity (Wildman–Crippen MR) is 96.2 cm³/mol.